The summed E-state index contributed by atoms with van der Waals surface area (Å²) >= 11 is 1.71. The van der Waals surface area contributed by atoms with Crippen molar-refractivity contribution in [2.45, 2.75) is 13.2 Å². The van der Waals surface area contributed by atoms with E-state index in [1.54, 1.807) is 11.3 Å². The van der Waals surface area contributed by atoms with Gasteiger partial charge in [-0.05, 0) is 29.1 Å². The number of rotatable bonds is 7. The van der Waals surface area contributed by atoms with Crippen LogP contribution in [-0.2, 0) is 13.2 Å². The predicted octanol–water partition coefficient (Wildman–Crippen LogP) is 3.60. The van der Waals surface area contributed by atoms with Gasteiger partial charge < -0.3 is 10.1 Å². The molecule has 1 N–H and O–H groups in total. The summed E-state index contributed by atoms with van der Waals surface area (Å²) in [5, 5.41) is 5.33. The van der Waals surface area contributed by atoms with Crippen molar-refractivity contribution in [2.75, 3.05) is 6.54 Å². The van der Waals surface area contributed by atoms with Crippen molar-refractivity contribution in [1.29, 1.82) is 0 Å². The molecule has 2 nitrogen and oxygen atoms in total. The first-order valence-electron chi connectivity index (χ1n) is 5.94. The third-order valence-corrected chi connectivity index (χ3v) is 3.35. The van der Waals surface area contributed by atoms with Crippen LogP contribution in [0.15, 0.2) is 54.4 Å². The maximum atomic E-state index is 5.70. The van der Waals surface area contributed by atoms with Gasteiger partial charge in [-0.1, -0.05) is 24.3 Å². The Balaban J connectivity index is 1.81. The lowest BCUT2D eigenvalue weighted by Gasteiger charge is -2.06. The van der Waals surface area contributed by atoms with E-state index >= 15 is 0 Å². The number of nitrogens with one attached hydrogen (secondary N) is 1. The van der Waals surface area contributed by atoms with Crippen LogP contribution in [0.25, 0.3) is 0 Å². The van der Waals surface area contributed by atoms with Gasteiger partial charge in [0.1, 0.15) is 12.4 Å². The molecule has 0 bridgehead atoms. The molecule has 0 aliphatic carbocycles. The Morgan fingerprint density at radius 1 is 1.22 bits per heavy atom. The van der Waals surface area contributed by atoms with Gasteiger partial charge in [0.15, 0.2) is 0 Å². The van der Waals surface area contributed by atoms with E-state index in [0.717, 1.165) is 18.8 Å². The zero-order valence-corrected chi connectivity index (χ0v) is 11.1. The van der Waals surface area contributed by atoms with Crippen LogP contribution in [0.5, 0.6) is 5.75 Å². The van der Waals surface area contributed by atoms with Crippen LogP contribution in [0, 0.1) is 0 Å². The highest BCUT2D eigenvalue weighted by Crippen LogP contribution is 2.16. The highest BCUT2D eigenvalue weighted by molar-refractivity contribution is 7.09. The van der Waals surface area contributed by atoms with E-state index in [-0.39, 0.29) is 0 Å². The predicted molar refractivity (Wildman–Crippen MR) is 77.0 cm³/mol. The van der Waals surface area contributed by atoms with Gasteiger partial charge in [0.25, 0.3) is 0 Å². The highest BCUT2D eigenvalue weighted by atomic mass is 32.1. The van der Waals surface area contributed by atoms with Gasteiger partial charge in [0, 0.05) is 18.0 Å². The van der Waals surface area contributed by atoms with Crippen molar-refractivity contribution in [1.82, 2.24) is 5.32 Å². The summed E-state index contributed by atoms with van der Waals surface area (Å²) < 4.78 is 5.70. The van der Waals surface area contributed by atoms with Crippen LogP contribution in [0.4, 0.5) is 0 Å². The molecule has 0 fully saturated rings. The van der Waals surface area contributed by atoms with Crippen molar-refractivity contribution in [3.63, 3.8) is 0 Å². The lowest BCUT2D eigenvalue weighted by atomic mass is 10.2. The number of thiophene rings is 1. The molecule has 1 aromatic carbocycles. The molecule has 0 aliphatic heterocycles. The molecule has 2 rings (SSSR count). The Bertz CT molecular complexity index is 462. The van der Waals surface area contributed by atoms with Crippen molar-refractivity contribution >= 4 is 11.3 Å². The topological polar surface area (TPSA) is 21.3 Å². The second kappa shape index (κ2) is 6.99. The summed E-state index contributed by atoms with van der Waals surface area (Å²) in [5.74, 6) is 0.913. The van der Waals surface area contributed by atoms with Crippen LogP contribution in [0.1, 0.15) is 10.4 Å². The Kier molecular flexibility index (Phi) is 5.00. The van der Waals surface area contributed by atoms with E-state index in [1.165, 1.54) is 10.4 Å². The molecule has 0 saturated carbocycles. The Morgan fingerprint density at radius 2 is 2.06 bits per heavy atom. The van der Waals surface area contributed by atoms with E-state index < -0.39 is 0 Å². The fourth-order valence-electron chi connectivity index (χ4n) is 1.57. The van der Waals surface area contributed by atoms with Gasteiger partial charge >= 0.3 is 0 Å². The maximum absolute atomic E-state index is 5.70. The molecular formula is C15H17NOS. The summed E-state index contributed by atoms with van der Waals surface area (Å²) in [6.07, 6.45) is 1.86. The summed E-state index contributed by atoms with van der Waals surface area (Å²) in [4.78, 5) is 1.24. The zero-order valence-electron chi connectivity index (χ0n) is 10.3. The molecule has 3 heteroatoms. The standard InChI is InChI=1S/C15H17NOS/c1-2-9-16-11-13-5-7-14(8-6-13)17-12-15-4-3-10-18-15/h2-8,10,16H,1,9,11-12H2. The van der Waals surface area contributed by atoms with E-state index in [9.17, 15) is 0 Å². The van der Waals surface area contributed by atoms with E-state index in [1.807, 2.05) is 24.3 Å². The monoisotopic (exact) mass is 259 g/mol. The smallest absolute Gasteiger partial charge is 0.122 e. The van der Waals surface area contributed by atoms with E-state index in [0.29, 0.717) is 6.61 Å². The second-order valence-corrected chi connectivity index (χ2v) is 4.96. The molecule has 0 unspecified atom stereocenters. The van der Waals surface area contributed by atoms with Gasteiger partial charge in [-0.2, -0.15) is 0 Å². The average molecular weight is 259 g/mol. The third kappa shape index (κ3) is 4.02. The molecule has 0 radical (unpaired) electrons. The van der Waals surface area contributed by atoms with Crippen molar-refractivity contribution in [3.05, 3.63) is 64.9 Å². The van der Waals surface area contributed by atoms with Crippen molar-refractivity contribution < 1.29 is 4.74 Å². The van der Waals surface area contributed by atoms with Crippen molar-refractivity contribution in [2.24, 2.45) is 0 Å². The average Bonchev–Trinajstić information content (AvgIpc) is 2.91. The summed E-state index contributed by atoms with van der Waals surface area (Å²) in [6.45, 7) is 6.01. The number of hydrogen-bond acceptors (Lipinski definition) is 3. The van der Waals surface area contributed by atoms with Crippen LogP contribution < -0.4 is 10.1 Å². The third-order valence-electron chi connectivity index (χ3n) is 2.50. The molecule has 94 valence electrons. The number of benzene rings is 1. The van der Waals surface area contributed by atoms with Gasteiger partial charge in [-0.15, -0.1) is 17.9 Å². The first-order valence-corrected chi connectivity index (χ1v) is 6.82. The molecule has 0 atom stereocenters. The van der Waals surface area contributed by atoms with Gasteiger partial charge in [-0.25, -0.2) is 0 Å². The summed E-state index contributed by atoms with van der Waals surface area (Å²) in [5.41, 5.74) is 1.25. The number of ether oxygens (including phenoxy) is 1. The molecule has 2 aromatic rings. The van der Waals surface area contributed by atoms with Crippen LogP contribution in [0.3, 0.4) is 0 Å². The van der Waals surface area contributed by atoms with E-state index in [2.05, 4.69) is 35.5 Å². The minimum atomic E-state index is 0.645. The minimum absolute atomic E-state index is 0.645. The van der Waals surface area contributed by atoms with Gasteiger partial charge in [0.2, 0.25) is 0 Å². The van der Waals surface area contributed by atoms with Gasteiger partial charge in [-0.3, -0.25) is 0 Å². The lowest BCUT2D eigenvalue weighted by Crippen LogP contribution is -2.12. The second-order valence-electron chi connectivity index (χ2n) is 3.93. The lowest BCUT2D eigenvalue weighted by molar-refractivity contribution is 0.309. The van der Waals surface area contributed by atoms with Crippen LogP contribution in [-0.4, -0.2) is 6.54 Å². The summed E-state index contributed by atoms with van der Waals surface area (Å²) in [7, 11) is 0. The normalized spacial score (nSPS) is 10.2. The Hall–Kier alpha value is -1.58. The Morgan fingerprint density at radius 3 is 2.72 bits per heavy atom. The molecule has 0 saturated heterocycles. The van der Waals surface area contributed by atoms with Gasteiger partial charge in [0.05, 0.1) is 0 Å². The quantitative estimate of drug-likeness (QED) is 0.606. The molecule has 1 aromatic heterocycles. The molecule has 18 heavy (non-hydrogen) atoms. The largest absolute Gasteiger partial charge is 0.488 e. The Labute approximate surface area is 112 Å². The molecular weight excluding hydrogens is 242 g/mol. The number of hydrogen-bond donors (Lipinski definition) is 1. The molecule has 0 amide bonds. The van der Waals surface area contributed by atoms with Crippen LogP contribution >= 0.6 is 11.3 Å². The minimum Gasteiger partial charge on any atom is -0.488 e. The summed E-state index contributed by atoms with van der Waals surface area (Å²) in [6, 6.07) is 12.3. The molecule has 0 spiro atoms. The molecule has 1 heterocycles. The van der Waals surface area contributed by atoms with E-state index in [4.69, 9.17) is 4.74 Å². The SMILES string of the molecule is C=CCNCc1ccc(OCc2cccs2)cc1. The van der Waals surface area contributed by atoms with Crippen LogP contribution in [0.2, 0.25) is 0 Å². The maximum Gasteiger partial charge on any atom is 0.122 e. The van der Waals surface area contributed by atoms with Crippen molar-refractivity contribution in [3.8, 4) is 5.75 Å². The zero-order chi connectivity index (χ0) is 12.6. The fourth-order valence-corrected chi connectivity index (χ4v) is 2.19. The first-order chi connectivity index (χ1) is 8.88. The first kappa shape index (κ1) is 12.9. The molecule has 0 aliphatic rings. The fraction of sp³-hybridized carbons (Fsp3) is 0.200. The highest BCUT2D eigenvalue weighted by Gasteiger charge is 1.97.